The van der Waals surface area contributed by atoms with Crippen molar-refractivity contribution in [1.29, 1.82) is 0 Å². The minimum Gasteiger partial charge on any atom is -0.497 e. The Morgan fingerprint density at radius 1 is 1.24 bits per heavy atom. The van der Waals surface area contributed by atoms with E-state index in [9.17, 15) is 0 Å². The van der Waals surface area contributed by atoms with Gasteiger partial charge in [-0.05, 0) is 37.6 Å². The van der Waals surface area contributed by atoms with Crippen molar-refractivity contribution in [2.45, 2.75) is 32.9 Å². The molecule has 0 fully saturated rings. The van der Waals surface area contributed by atoms with Crippen LogP contribution in [0.25, 0.3) is 0 Å². The fourth-order valence-electron chi connectivity index (χ4n) is 1.85. The molecule has 6 heteroatoms. The first-order valence-corrected chi connectivity index (χ1v) is 7.16. The number of nitrogens with one attached hydrogen (secondary N) is 2. The van der Waals surface area contributed by atoms with Gasteiger partial charge in [-0.2, -0.15) is 0 Å². The van der Waals surface area contributed by atoms with Crippen LogP contribution in [0.2, 0.25) is 0 Å². The summed E-state index contributed by atoms with van der Waals surface area (Å²) in [5.74, 6) is 1.44. The molecule has 0 radical (unpaired) electrons. The van der Waals surface area contributed by atoms with Crippen molar-refractivity contribution < 1.29 is 9.15 Å². The monoisotopic (exact) mass is 290 g/mol. The molecular weight excluding hydrogens is 268 g/mol. The fraction of sp³-hybridized carbons (Fsp3) is 0.467. The van der Waals surface area contributed by atoms with Gasteiger partial charge in [0.05, 0.1) is 13.2 Å². The zero-order valence-electron chi connectivity index (χ0n) is 12.7. The Kier molecular flexibility index (Phi) is 5.57. The van der Waals surface area contributed by atoms with Crippen molar-refractivity contribution >= 4 is 6.01 Å². The summed E-state index contributed by atoms with van der Waals surface area (Å²) in [6.45, 7) is 5.69. The number of nitrogens with zero attached hydrogens (tertiary/aromatic N) is 2. The summed E-state index contributed by atoms with van der Waals surface area (Å²) in [4.78, 5) is 0. The lowest BCUT2D eigenvalue weighted by Gasteiger charge is -2.07. The highest BCUT2D eigenvalue weighted by Gasteiger charge is 2.12. The van der Waals surface area contributed by atoms with E-state index in [0.29, 0.717) is 18.5 Å². The van der Waals surface area contributed by atoms with Crippen LogP contribution in [0.15, 0.2) is 28.7 Å². The summed E-state index contributed by atoms with van der Waals surface area (Å²) in [6, 6.07) is 8.34. The molecule has 0 aliphatic carbocycles. The van der Waals surface area contributed by atoms with Crippen molar-refractivity contribution in [3.63, 3.8) is 0 Å². The Balaban J connectivity index is 1.87. The maximum absolute atomic E-state index is 5.59. The maximum Gasteiger partial charge on any atom is 0.315 e. The molecule has 1 heterocycles. The molecule has 114 valence electrons. The van der Waals surface area contributed by atoms with Crippen LogP contribution in [-0.2, 0) is 6.54 Å². The Morgan fingerprint density at radius 3 is 2.67 bits per heavy atom. The van der Waals surface area contributed by atoms with Crippen LogP contribution < -0.4 is 15.4 Å². The highest BCUT2D eigenvalue weighted by Crippen LogP contribution is 2.15. The van der Waals surface area contributed by atoms with Crippen LogP contribution in [0, 0.1) is 0 Å². The molecule has 0 amide bonds. The number of hydrogen-bond acceptors (Lipinski definition) is 6. The van der Waals surface area contributed by atoms with Crippen molar-refractivity contribution in [2.24, 2.45) is 0 Å². The molecule has 0 spiro atoms. The molecule has 0 bridgehead atoms. The predicted molar refractivity (Wildman–Crippen MR) is 81.3 cm³/mol. The largest absolute Gasteiger partial charge is 0.497 e. The van der Waals surface area contributed by atoms with Crippen molar-refractivity contribution in [3.8, 4) is 5.75 Å². The molecule has 0 saturated carbocycles. The van der Waals surface area contributed by atoms with Gasteiger partial charge < -0.3 is 19.8 Å². The van der Waals surface area contributed by atoms with E-state index >= 15 is 0 Å². The van der Waals surface area contributed by atoms with Gasteiger partial charge in [-0.15, -0.1) is 5.10 Å². The summed E-state index contributed by atoms with van der Waals surface area (Å²) in [5, 5.41) is 14.5. The van der Waals surface area contributed by atoms with Crippen molar-refractivity contribution in [2.75, 3.05) is 19.0 Å². The fourth-order valence-corrected chi connectivity index (χ4v) is 1.85. The van der Waals surface area contributed by atoms with E-state index in [2.05, 4.69) is 27.8 Å². The minimum atomic E-state index is 0.0639. The third-order valence-corrected chi connectivity index (χ3v) is 3.11. The van der Waals surface area contributed by atoms with Crippen molar-refractivity contribution in [3.05, 3.63) is 35.7 Å². The van der Waals surface area contributed by atoms with E-state index in [0.717, 1.165) is 24.3 Å². The van der Waals surface area contributed by atoms with Gasteiger partial charge in [0.2, 0.25) is 5.89 Å². The number of rotatable bonds is 8. The van der Waals surface area contributed by atoms with E-state index in [1.165, 1.54) is 0 Å². The number of hydrogen-bond donors (Lipinski definition) is 2. The van der Waals surface area contributed by atoms with E-state index in [-0.39, 0.29) is 6.04 Å². The summed E-state index contributed by atoms with van der Waals surface area (Å²) < 4.78 is 10.7. The van der Waals surface area contributed by atoms with E-state index in [1.807, 2.05) is 31.2 Å². The number of ether oxygens (including phenoxy) is 1. The number of anilines is 1. The van der Waals surface area contributed by atoms with Crippen LogP contribution in [0.4, 0.5) is 6.01 Å². The second-order valence-electron chi connectivity index (χ2n) is 4.82. The van der Waals surface area contributed by atoms with Crippen LogP contribution >= 0.6 is 0 Å². The lowest BCUT2D eigenvalue weighted by molar-refractivity contribution is 0.414. The molecule has 1 atom stereocenters. The average Bonchev–Trinajstić information content (AvgIpc) is 3.00. The smallest absolute Gasteiger partial charge is 0.315 e. The molecular formula is C15H22N4O2. The average molecular weight is 290 g/mol. The first-order valence-electron chi connectivity index (χ1n) is 7.16. The quantitative estimate of drug-likeness (QED) is 0.779. The summed E-state index contributed by atoms with van der Waals surface area (Å²) in [7, 11) is 1.65. The maximum atomic E-state index is 5.59. The highest BCUT2D eigenvalue weighted by molar-refractivity contribution is 5.30. The minimum absolute atomic E-state index is 0.0639. The molecule has 1 aromatic heterocycles. The summed E-state index contributed by atoms with van der Waals surface area (Å²) >= 11 is 0. The molecule has 0 aliphatic rings. The highest BCUT2D eigenvalue weighted by atomic mass is 16.5. The second kappa shape index (κ2) is 7.64. The van der Waals surface area contributed by atoms with Gasteiger partial charge in [-0.25, -0.2) is 0 Å². The Hall–Kier alpha value is -2.08. The van der Waals surface area contributed by atoms with E-state index in [1.54, 1.807) is 7.11 Å². The van der Waals surface area contributed by atoms with Crippen LogP contribution in [0.1, 0.15) is 37.8 Å². The van der Waals surface area contributed by atoms with E-state index in [4.69, 9.17) is 9.15 Å². The molecule has 0 saturated heterocycles. The number of benzene rings is 1. The lowest BCUT2D eigenvalue weighted by Crippen LogP contribution is -2.19. The number of methoxy groups -OCH3 is 1. The number of aromatic nitrogens is 2. The molecule has 0 aliphatic heterocycles. The molecule has 2 rings (SSSR count). The first kappa shape index (κ1) is 15.3. The predicted octanol–water partition coefficient (Wildman–Crippen LogP) is 2.75. The van der Waals surface area contributed by atoms with Gasteiger partial charge in [0.25, 0.3) is 0 Å². The van der Waals surface area contributed by atoms with Gasteiger partial charge in [0.15, 0.2) is 0 Å². The molecule has 1 aromatic carbocycles. The Bertz CT molecular complexity index is 539. The first-order chi connectivity index (χ1) is 10.2. The third-order valence-electron chi connectivity index (χ3n) is 3.11. The second-order valence-corrected chi connectivity index (χ2v) is 4.82. The Labute approximate surface area is 124 Å². The van der Waals surface area contributed by atoms with Gasteiger partial charge in [0, 0.05) is 6.54 Å². The SMILES string of the molecule is CCCNC(C)c1nnc(NCc2ccc(OC)cc2)o1. The van der Waals surface area contributed by atoms with Gasteiger partial charge in [-0.1, -0.05) is 24.2 Å². The van der Waals surface area contributed by atoms with Crippen LogP contribution in [0.3, 0.4) is 0 Å². The van der Waals surface area contributed by atoms with Gasteiger partial charge in [-0.3, -0.25) is 0 Å². The molecule has 6 nitrogen and oxygen atoms in total. The molecule has 2 N–H and O–H groups in total. The zero-order valence-corrected chi connectivity index (χ0v) is 12.7. The van der Waals surface area contributed by atoms with Crippen LogP contribution in [-0.4, -0.2) is 23.9 Å². The normalized spacial score (nSPS) is 12.1. The van der Waals surface area contributed by atoms with Gasteiger partial charge in [0.1, 0.15) is 5.75 Å². The molecule has 2 aromatic rings. The van der Waals surface area contributed by atoms with Crippen molar-refractivity contribution in [1.82, 2.24) is 15.5 Å². The van der Waals surface area contributed by atoms with E-state index < -0.39 is 0 Å². The third kappa shape index (κ3) is 4.46. The van der Waals surface area contributed by atoms with Crippen LogP contribution in [0.5, 0.6) is 5.75 Å². The topological polar surface area (TPSA) is 72.2 Å². The Morgan fingerprint density at radius 2 is 2.00 bits per heavy atom. The molecule has 1 unspecified atom stereocenters. The van der Waals surface area contributed by atoms with Gasteiger partial charge >= 0.3 is 6.01 Å². The zero-order chi connectivity index (χ0) is 15.1. The summed E-state index contributed by atoms with van der Waals surface area (Å²) in [5.41, 5.74) is 1.12. The molecule has 21 heavy (non-hydrogen) atoms. The summed E-state index contributed by atoms with van der Waals surface area (Å²) in [6.07, 6.45) is 1.07. The standard InChI is InChI=1S/C15H22N4O2/c1-4-9-16-11(2)14-18-19-15(21-14)17-10-12-5-7-13(20-3)8-6-12/h5-8,11,16H,4,9-10H2,1-3H3,(H,17,19). The lowest BCUT2D eigenvalue weighted by atomic mass is 10.2.